The number of esters is 1. The summed E-state index contributed by atoms with van der Waals surface area (Å²) < 4.78 is 18.9. The quantitative estimate of drug-likeness (QED) is 0.617. The Morgan fingerprint density at radius 2 is 2.00 bits per heavy atom. The predicted molar refractivity (Wildman–Crippen MR) is 83.2 cm³/mol. The molecule has 0 bridgehead atoms. The van der Waals surface area contributed by atoms with Gasteiger partial charge in [0.1, 0.15) is 5.82 Å². The average molecular weight is 316 g/mol. The fourth-order valence-electron chi connectivity index (χ4n) is 2.10. The molecular formula is C17H11ClFNO2. The van der Waals surface area contributed by atoms with Crippen LogP contribution in [0.1, 0.15) is 16.7 Å². The number of hydrogen-bond donors (Lipinski definition) is 0. The second-order valence-corrected chi connectivity index (χ2v) is 5.25. The van der Waals surface area contributed by atoms with Crippen LogP contribution in [0.3, 0.4) is 0 Å². The first-order valence-electron chi connectivity index (χ1n) is 6.58. The maximum Gasteiger partial charge on any atom is 0.363 e. The number of cyclic esters (lactones) is 1. The molecule has 0 spiro atoms. The highest BCUT2D eigenvalue weighted by Gasteiger charge is 2.24. The Hall–Kier alpha value is -2.46. The first-order valence-corrected chi connectivity index (χ1v) is 6.96. The zero-order chi connectivity index (χ0) is 15.7. The van der Waals surface area contributed by atoms with Crippen molar-refractivity contribution < 1.29 is 13.9 Å². The number of benzene rings is 2. The molecular weight excluding hydrogens is 305 g/mol. The van der Waals surface area contributed by atoms with E-state index < -0.39 is 11.8 Å². The van der Waals surface area contributed by atoms with E-state index in [1.54, 1.807) is 12.1 Å². The fraction of sp³-hybridized carbons (Fsp3) is 0.0588. The highest BCUT2D eigenvalue weighted by atomic mass is 35.5. The number of ether oxygens (including phenoxy) is 1. The molecule has 1 aliphatic heterocycles. The molecule has 3 nitrogen and oxygen atoms in total. The summed E-state index contributed by atoms with van der Waals surface area (Å²) in [4.78, 5) is 16.0. The molecule has 3 rings (SSSR count). The predicted octanol–water partition coefficient (Wildman–Crippen LogP) is 4.13. The summed E-state index contributed by atoms with van der Waals surface area (Å²) in [6.07, 6.45) is 1.29. The summed E-state index contributed by atoms with van der Waals surface area (Å²) in [5.74, 6) is -0.949. The number of rotatable bonds is 2. The molecule has 110 valence electrons. The molecule has 0 amide bonds. The number of nitrogens with zero attached hydrogens (tertiary/aromatic N) is 1. The third-order valence-corrected chi connectivity index (χ3v) is 3.50. The van der Waals surface area contributed by atoms with Gasteiger partial charge in [-0.3, -0.25) is 0 Å². The lowest BCUT2D eigenvalue weighted by Crippen LogP contribution is -2.05. The summed E-state index contributed by atoms with van der Waals surface area (Å²) in [6.45, 7) is 1.93. The van der Waals surface area contributed by atoms with Gasteiger partial charge >= 0.3 is 5.97 Å². The molecule has 22 heavy (non-hydrogen) atoms. The Balaban J connectivity index is 2.02. The number of hydrogen-bond acceptors (Lipinski definition) is 3. The van der Waals surface area contributed by atoms with E-state index in [4.69, 9.17) is 16.3 Å². The molecule has 0 aliphatic carbocycles. The molecule has 0 fully saturated rings. The van der Waals surface area contributed by atoms with E-state index in [0.29, 0.717) is 5.56 Å². The molecule has 0 radical (unpaired) electrons. The minimum atomic E-state index is -0.629. The average Bonchev–Trinajstić information content (AvgIpc) is 2.84. The van der Waals surface area contributed by atoms with Gasteiger partial charge in [-0.25, -0.2) is 14.2 Å². The van der Waals surface area contributed by atoms with Crippen molar-refractivity contribution in [3.63, 3.8) is 0 Å². The van der Waals surface area contributed by atoms with Crippen molar-refractivity contribution in [1.29, 1.82) is 0 Å². The normalized spacial score (nSPS) is 15.9. The minimum Gasteiger partial charge on any atom is -0.402 e. The molecule has 0 saturated carbocycles. The number of halogens is 2. The molecule has 2 aromatic carbocycles. The van der Waals surface area contributed by atoms with E-state index in [9.17, 15) is 9.18 Å². The number of aryl methyl sites for hydroxylation is 1. The molecule has 0 aromatic heterocycles. The van der Waals surface area contributed by atoms with E-state index in [0.717, 1.165) is 5.56 Å². The van der Waals surface area contributed by atoms with Crippen molar-refractivity contribution in [3.8, 4) is 0 Å². The van der Waals surface area contributed by atoms with Crippen molar-refractivity contribution in [1.82, 2.24) is 0 Å². The maximum absolute atomic E-state index is 13.8. The molecule has 1 heterocycles. The zero-order valence-electron chi connectivity index (χ0n) is 11.6. The van der Waals surface area contributed by atoms with E-state index in [2.05, 4.69) is 4.99 Å². The Morgan fingerprint density at radius 3 is 2.73 bits per heavy atom. The van der Waals surface area contributed by atoms with Gasteiger partial charge in [-0.15, -0.1) is 0 Å². The van der Waals surface area contributed by atoms with Gasteiger partial charge in [-0.05, 0) is 37.3 Å². The van der Waals surface area contributed by atoms with Crippen molar-refractivity contribution in [2.75, 3.05) is 0 Å². The van der Waals surface area contributed by atoms with Gasteiger partial charge in [0.15, 0.2) is 5.70 Å². The van der Waals surface area contributed by atoms with E-state index >= 15 is 0 Å². The van der Waals surface area contributed by atoms with Crippen LogP contribution in [0, 0.1) is 12.7 Å². The highest BCUT2D eigenvalue weighted by molar-refractivity contribution is 6.32. The van der Waals surface area contributed by atoms with Crippen LogP contribution in [0.25, 0.3) is 6.08 Å². The Morgan fingerprint density at radius 1 is 1.23 bits per heavy atom. The van der Waals surface area contributed by atoms with Gasteiger partial charge < -0.3 is 4.74 Å². The van der Waals surface area contributed by atoms with E-state index in [1.165, 1.54) is 18.2 Å². The van der Waals surface area contributed by atoms with Crippen molar-refractivity contribution in [2.24, 2.45) is 4.99 Å². The molecule has 2 aromatic rings. The van der Waals surface area contributed by atoms with Crippen LogP contribution in [0.15, 0.2) is 53.2 Å². The van der Waals surface area contributed by atoms with Crippen LogP contribution in [-0.4, -0.2) is 11.9 Å². The topological polar surface area (TPSA) is 38.7 Å². The minimum absolute atomic E-state index is 0.0171. The number of carbonyl (C=O) groups excluding carboxylic acids is 1. The monoisotopic (exact) mass is 315 g/mol. The molecule has 0 N–H and O–H groups in total. The van der Waals surface area contributed by atoms with Gasteiger partial charge in [0, 0.05) is 11.1 Å². The largest absolute Gasteiger partial charge is 0.402 e. The van der Waals surface area contributed by atoms with Crippen LogP contribution in [0.2, 0.25) is 5.02 Å². The lowest BCUT2D eigenvalue weighted by Gasteiger charge is -2.00. The lowest BCUT2D eigenvalue weighted by atomic mass is 10.1. The highest BCUT2D eigenvalue weighted by Crippen LogP contribution is 2.25. The van der Waals surface area contributed by atoms with Gasteiger partial charge in [0.25, 0.3) is 0 Å². The second-order valence-electron chi connectivity index (χ2n) is 4.84. The van der Waals surface area contributed by atoms with E-state index in [-0.39, 0.29) is 22.2 Å². The van der Waals surface area contributed by atoms with E-state index in [1.807, 2.05) is 25.1 Å². The third-order valence-electron chi connectivity index (χ3n) is 3.17. The maximum atomic E-state index is 13.8. The van der Waals surface area contributed by atoms with Crippen molar-refractivity contribution >= 4 is 29.5 Å². The summed E-state index contributed by atoms with van der Waals surface area (Å²) >= 11 is 5.94. The van der Waals surface area contributed by atoms with Gasteiger partial charge in [-0.1, -0.05) is 35.4 Å². The van der Waals surface area contributed by atoms with Crippen LogP contribution in [0.4, 0.5) is 4.39 Å². The fourth-order valence-corrected chi connectivity index (χ4v) is 2.31. The smallest absolute Gasteiger partial charge is 0.363 e. The summed E-state index contributed by atoms with van der Waals surface area (Å²) in [5.41, 5.74) is 1.84. The SMILES string of the molecule is Cc1cccc(C2=NC(=Cc3c(F)cccc3Cl)C(=O)O2)c1. The molecule has 1 aliphatic rings. The first-order chi connectivity index (χ1) is 10.5. The third kappa shape index (κ3) is 2.78. The summed E-state index contributed by atoms with van der Waals surface area (Å²) in [5, 5.41) is 0.208. The molecule has 5 heteroatoms. The van der Waals surface area contributed by atoms with Gasteiger partial charge in [0.05, 0.1) is 5.02 Å². The van der Waals surface area contributed by atoms with Crippen LogP contribution >= 0.6 is 11.6 Å². The van der Waals surface area contributed by atoms with Gasteiger partial charge in [-0.2, -0.15) is 0 Å². The summed E-state index contributed by atoms with van der Waals surface area (Å²) in [6, 6.07) is 11.7. The summed E-state index contributed by atoms with van der Waals surface area (Å²) in [7, 11) is 0. The Labute approximate surface area is 131 Å². The van der Waals surface area contributed by atoms with Crippen molar-refractivity contribution in [2.45, 2.75) is 6.92 Å². The lowest BCUT2D eigenvalue weighted by molar-refractivity contribution is -0.129. The molecule has 0 saturated heterocycles. The Bertz CT molecular complexity index is 807. The van der Waals surface area contributed by atoms with Crippen LogP contribution in [-0.2, 0) is 9.53 Å². The standard InChI is InChI=1S/C17H11ClFNO2/c1-10-4-2-5-11(8-10)16-20-15(17(21)22-16)9-12-13(18)6-3-7-14(12)19/h2-9H,1H3. The number of aliphatic imine (C=N–C) groups is 1. The second kappa shape index (κ2) is 5.73. The first kappa shape index (κ1) is 14.5. The number of carbonyl (C=O) groups is 1. The van der Waals surface area contributed by atoms with Crippen LogP contribution < -0.4 is 0 Å². The molecule has 0 atom stereocenters. The zero-order valence-corrected chi connectivity index (χ0v) is 12.4. The van der Waals surface area contributed by atoms with Crippen LogP contribution in [0.5, 0.6) is 0 Å². The molecule has 0 unspecified atom stereocenters. The van der Waals surface area contributed by atoms with Gasteiger partial charge in [0.2, 0.25) is 5.90 Å². The Kier molecular flexibility index (Phi) is 3.77. The van der Waals surface area contributed by atoms with Crippen molar-refractivity contribution in [3.05, 3.63) is 75.7 Å².